The number of likely N-dealkylation sites (N-methyl/N-ethyl adjacent to an activating group) is 1. The van der Waals surface area contributed by atoms with Gasteiger partial charge < -0.3 is 10.2 Å². The molecule has 1 amide bonds. The predicted molar refractivity (Wildman–Crippen MR) is 122 cm³/mol. The van der Waals surface area contributed by atoms with Crippen molar-refractivity contribution in [2.24, 2.45) is 0 Å². The highest BCUT2D eigenvalue weighted by Crippen LogP contribution is 2.23. The highest BCUT2D eigenvalue weighted by atomic mass is 35.5. The van der Waals surface area contributed by atoms with Crippen LogP contribution in [0.4, 0.5) is 0 Å². The Morgan fingerprint density at radius 1 is 1.07 bits per heavy atom. The van der Waals surface area contributed by atoms with Crippen molar-refractivity contribution < 1.29 is 13.2 Å². The first-order valence-corrected chi connectivity index (χ1v) is 11.8. The monoisotopic (exact) mass is 451 g/mol. The van der Waals surface area contributed by atoms with E-state index in [-0.39, 0.29) is 21.5 Å². The average Bonchev–Trinajstić information content (AvgIpc) is 2.72. The predicted octanol–water partition coefficient (Wildman–Crippen LogP) is 3.27. The van der Waals surface area contributed by atoms with Gasteiger partial charge in [-0.05, 0) is 44.3 Å². The first kappa shape index (κ1) is 24.3. The maximum atomic E-state index is 12.8. The SMILES string of the molecule is CCN(CC)S(=O)(=O)c1ccc(Cl)c(C(=O)NCC(Cc2ccccc2)N(C)C)c1. The molecule has 6 nitrogen and oxygen atoms in total. The zero-order chi connectivity index (χ0) is 22.3. The first-order chi connectivity index (χ1) is 14.2. The van der Waals surface area contributed by atoms with Gasteiger partial charge in [-0.1, -0.05) is 55.8 Å². The summed E-state index contributed by atoms with van der Waals surface area (Å²) in [7, 11) is 0.252. The van der Waals surface area contributed by atoms with Gasteiger partial charge >= 0.3 is 0 Å². The number of sulfonamides is 1. The van der Waals surface area contributed by atoms with Crippen molar-refractivity contribution in [2.45, 2.75) is 31.2 Å². The second-order valence-corrected chi connectivity index (χ2v) is 9.59. The van der Waals surface area contributed by atoms with E-state index in [1.165, 1.54) is 28.1 Å². The highest BCUT2D eigenvalue weighted by Gasteiger charge is 2.24. The molecule has 0 aliphatic carbocycles. The summed E-state index contributed by atoms with van der Waals surface area (Å²) in [5, 5.41) is 3.12. The smallest absolute Gasteiger partial charge is 0.252 e. The van der Waals surface area contributed by atoms with Crippen LogP contribution in [0.15, 0.2) is 53.4 Å². The third kappa shape index (κ3) is 6.04. The maximum Gasteiger partial charge on any atom is 0.252 e. The molecule has 0 aromatic heterocycles. The van der Waals surface area contributed by atoms with Crippen LogP contribution in [0, 0.1) is 0 Å². The Kier molecular flexibility index (Phi) is 8.85. The minimum absolute atomic E-state index is 0.0641. The molecule has 0 heterocycles. The molecule has 0 saturated heterocycles. The van der Waals surface area contributed by atoms with Gasteiger partial charge in [0.05, 0.1) is 15.5 Å². The Bertz CT molecular complexity index is 945. The van der Waals surface area contributed by atoms with E-state index >= 15 is 0 Å². The number of nitrogens with zero attached hydrogens (tertiary/aromatic N) is 2. The molecule has 30 heavy (non-hydrogen) atoms. The fourth-order valence-electron chi connectivity index (χ4n) is 3.18. The molecule has 2 aromatic carbocycles. The number of amides is 1. The molecule has 2 aromatic rings. The van der Waals surface area contributed by atoms with E-state index in [0.717, 1.165) is 6.42 Å². The molecule has 0 saturated carbocycles. The minimum Gasteiger partial charge on any atom is -0.350 e. The number of benzene rings is 2. The van der Waals surface area contributed by atoms with Gasteiger partial charge in [0.15, 0.2) is 0 Å². The van der Waals surface area contributed by atoms with Crippen molar-refractivity contribution in [3.05, 3.63) is 64.7 Å². The Morgan fingerprint density at radius 3 is 2.27 bits per heavy atom. The Morgan fingerprint density at radius 2 is 1.70 bits per heavy atom. The van der Waals surface area contributed by atoms with Crippen molar-refractivity contribution in [1.82, 2.24) is 14.5 Å². The van der Waals surface area contributed by atoms with Gasteiger partial charge in [0, 0.05) is 25.7 Å². The van der Waals surface area contributed by atoms with Crippen LogP contribution in [0.2, 0.25) is 5.02 Å². The molecule has 0 aliphatic rings. The van der Waals surface area contributed by atoms with Crippen molar-refractivity contribution in [3.8, 4) is 0 Å². The van der Waals surface area contributed by atoms with Crippen LogP contribution < -0.4 is 5.32 Å². The van der Waals surface area contributed by atoms with Crippen LogP contribution in [-0.4, -0.2) is 63.3 Å². The van der Waals surface area contributed by atoms with E-state index in [2.05, 4.69) is 22.3 Å². The summed E-state index contributed by atoms with van der Waals surface area (Å²) in [5.41, 5.74) is 1.33. The number of hydrogen-bond donors (Lipinski definition) is 1. The number of carbonyl (C=O) groups is 1. The summed E-state index contributed by atoms with van der Waals surface area (Å²) < 4.78 is 26.9. The van der Waals surface area contributed by atoms with Crippen molar-refractivity contribution in [2.75, 3.05) is 33.7 Å². The molecule has 1 N–H and O–H groups in total. The number of rotatable bonds is 10. The summed E-state index contributed by atoms with van der Waals surface area (Å²) in [6, 6.07) is 14.4. The zero-order valence-electron chi connectivity index (χ0n) is 17.9. The number of carbonyl (C=O) groups excluding carboxylic acids is 1. The third-order valence-corrected chi connectivity index (χ3v) is 7.44. The van der Waals surface area contributed by atoms with Gasteiger partial charge in [0.25, 0.3) is 5.91 Å². The lowest BCUT2D eigenvalue weighted by Crippen LogP contribution is -2.41. The largest absolute Gasteiger partial charge is 0.350 e. The Labute approximate surface area is 184 Å². The summed E-state index contributed by atoms with van der Waals surface area (Å²) in [6.07, 6.45) is 0.776. The molecule has 2 rings (SSSR count). The second kappa shape index (κ2) is 10.9. The van der Waals surface area contributed by atoms with Crippen LogP contribution in [0.3, 0.4) is 0 Å². The van der Waals surface area contributed by atoms with E-state index in [4.69, 9.17) is 11.6 Å². The molecule has 0 bridgehead atoms. The molecule has 164 valence electrons. The molecular weight excluding hydrogens is 422 g/mol. The van der Waals surface area contributed by atoms with Crippen LogP contribution in [-0.2, 0) is 16.4 Å². The van der Waals surface area contributed by atoms with Crippen LogP contribution >= 0.6 is 11.6 Å². The summed E-state index contributed by atoms with van der Waals surface area (Å²) >= 11 is 6.22. The Hall–Kier alpha value is -1.93. The standard InChI is InChI=1S/C22H30ClN3O3S/c1-5-26(6-2)30(28,29)19-12-13-21(23)20(15-19)22(27)24-16-18(25(3)4)14-17-10-8-7-9-11-17/h7-13,15,18H,5-6,14,16H2,1-4H3,(H,24,27). The lowest BCUT2D eigenvalue weighted by Gasteiger charge is -2.25. The lowest BCUT2D eigenvalue weighted by atomic mass is 10.0. The Balaban J connectivity index is 2.18. The number of halogens is 1. The molecular formula is C22H30ClN3O3S. The highest BCUT2D eigenvalue weighted by molar-refractivity contribution is 7.89. The number of hydrogen-bond acceptors (Lipinski definition) is 4. The normalized spacial score (nSPS) is 12.9. The van der Waals surface area contributed by atoms with E-state index in [0.29, 0.717) is 19.6 Å². The van der Waals surface area contributed by atoms with Gasteiger partial charge in [-0.15, -0.1) is 0 Å². The summed E-state index contributed by atoms with van der Waals surface area (Å²) in [5.74, 6) is -0.392. The second-order valence-electron chi connectivity index (χ2n) is 7.25. The third-order valence-electron chi connectivity index (χ3n) is 5.07. The van der Waals surface area contributed by atoms with Gasteiger partial charge in [-0.3, -0.25) is 4.79 Å². The van der Waals surface area contributed by atoms with Crippen LogP contribution in [0.1, 0.15) is 29.8 Å². The number of nitrogens with one attached hydrogen (secondary N) is 1. The van der Waals surface area contributed by atoms with E-state index < -0.39 is 15.9 Å². The maximum absolute atomic E-state index is 12.8. The van der Waals surface area contributed by atoms with Crippen LogP contribution in [0.5, 0.6) is 0 Å². The van der Waals surface area contributed by atoms with Gasteiger partial charge in [-0.25, -0.2) is 8.42 Å². The fraction of sp³-hybridized carbons (Fsp3) is 0.409. The molecule has 1 unspecified atom stereocenters. The van der Waals surface area contributed by atoms with E-state index in [9.17, 15) is 13.2 Å². The topological polar surface area (TPSA) is 69.7 Å². The fourth-order valence-corrected chi connectivity index (χ4v) is 4.87. The van der Waals surface area contributed by atoms with Crippen molar-refractivity contribution in [1.29, 1.82) is 0 Å². The lowest BCUT2D eigenvalue weighted by molar-refractivity contribution is 0.0941. The van der Waals surface area contributed by atoms with E-state index in [1.807, 2.05) is 32.3 Å². The summed E-state index contributed by atoms with van der Waals surface area (Å²) in [6.45, 7) is 4.67. The molecule has 1 atom stereocenters. The van der Waals surface area contributed by atoms with Crippen LogP contribution in [0.25, 0.3) is 0 Å². The molecule has 0 aliphatic heterocycles. The first-order valence-electron chi connectivity index (χ1n) is 9.98. The molecule has 0 spiro atoms. The zero-order valence-corrected chi connectivity index (χ0v) is 19.5. The summed E-state index contributed by atoms with van der Waals surface area (Å²) in [4.78, 5) is 14.9. The molecule has 0 radical (unpaired) electrons. The van der Waals surface area contributed by atoms with Gasteiger partial charge in [0.1, 0.15) is 0 Å². The molecule has 0 fully saturated rings. The molecule has 8 heteroatoms. The van der Waals surface area contributed by atoms with Gasteiger partial charge in [0.2, 0.25) is 10.0 Å². The quantitative estimate of drug-likeness (QED) is 0.601. The van der Waals surface area contributed by atoms with Gasteiger partial charge in [-0.2, -0.15) is 4.31 Å². The minimum atomic E-state index is -3.67. The van der Waals surface area contributed by atoms with E-state index in [1.54, 1.807) is 13.8 Å². The van der Waals surface area contributed by atoms with Crippen molar-refractivity contribution >= 4 is 27.5 Å². The van der Waals surface area contributed by atoms with Crippen molar-refractivity contribution in [3.63, 3.8) is 0 Å². The average molecular weight is 452 g/mol.